The van der Waals surface area contributed by atoms with Gasteiger partial charge in [0, 0.05) is 68.5 Å². The minimum atomic E-state index is -5.19. The van der Waals surface area contributed by atoms with E-state index >= 15 is 4.39 Å². The number of alkyl halides is 6. The number of benzene rings is 2. The molecule has 1 fully saturated rings. The third-order valence-electron chi connectivity index (χ3n) is 12.3. The number of esters is 1. The maximum atomic E-state index is 15.1. The van der Waals surface area contributed by atoms with Crippen LogP contribution in [0.2, 0.25) is 0 Å². The van der Waals surface area contributed by atoms with Crippen molar-refractivity contribution in [2.24, 2.45) is 11.8 Å². The Bertz CT molecular complexity index is 2530. The molecule has 0 spiro atoms. The monoisotopic (exact) mass is 1100 g/mol. The van der Waals surface area contributed by atoms with E-state index < -0.39 is 146 Å². The van der Waals surface area contributed by atoms with Gasteiger partial charge in [-0.1, -0.05) is 55.8 Å². The Morgan fingerprint density at radius 3 is 1.75 bits per heavy atom. The summed E-state index contributed by atoms with van der Waals surface area (Å²) in [4.78, 5) is 102. The number of ether oxygens (including phenoxy) is 1. The van der Waals surface area contributed by atoms with Gasteiger partial charge in [-0.15, -0.1) is 0 Å². The van der Waals surface area contributed by atoms with Crippen molar-refractivity contribution in [3.05, 3.63) is 70.1 Å². The lowest BCUT2D eigenvalue weighted by atomic mass is 9.98. The van der Waals surface area contributed by atoms with E-state index in [1.165, 1.54) is 39.0 Å². The molecule has 2 aromatic carbocycles. The van der Waals surface area contributed by atoms with Crippen LogP contribution >= 0.6 is 15.9 Å². The van der Waals surface area contributed by atoms with Crippen molar-refractivity contribution in [3.63, 3.8) is 0 Å². The molecule has 16 nitrogen and oxygen atoms in total. The Labute approximate surface area is 426 Å². The molecule has 1 unspecified atom stereocenters. The number of hydrogen-bond donors (Lipinski definition) is 3. The summed E-state index contributed by atoms with van der Waals surface area (Å²) in [5, 5.41) is 16.1. The van der Waals surface area contributed by atoms with Crippen LogP contribution in [0.15, 0.2) is 53.1 Å². The van der Waals surface area contributed by atoms with Gasteiger partial charge in [0.2, 0.25) is 29.5 Å². The van der Waals surface area contributed by atoms with Crippen molar-refractivity contribution in [1.82, 2.24) is 35.2 Å². The average molecular weight is 1100 g/mol. The first-order valence-electron chi connectivity index (χ1n) is 23.3. The zero-order valence-corrected chi connectivity index (χ0v) is 43.1. The van der Waals surface area contributed by atoms with Crippen molar-refractivity contribution >= 4 is 68.2 Å². The maximum absolute atomic E-state index is 15.1. The van der Waals surface area contributed by atoms with Crippen molar-refractivity contribution < 1.29 is 69.0 Å². The van der Waals surface area contributed by atoms with Crippen LogP contribution < -0.4 is 16.0 Å². The first-order valence-corrected chi connectivity index (χ1v) is 24.1. The van der Waals surface area contributed by atoms with Gasteiger partial charge < -0.3 is 40.0 Å². The Balaban J connectivity index is 1.97. The number of halogens is 8. The molecule has 1 aliphatic rings. The Morgan fingerprint density at radius 1 is 0.712 bits per heavy atom. The van der Waals surface area contributed by atoms with Crippen LogP contribution in [0.25, 0.3) is 10.9 Å². The fourth-order valence-electron chi connectivity index (χ4n) is 8.35. The highest BCUT2D eigenvalue weighted by Gasteiger charge is 2.45. The Kier molecular flexibility index (Phi) is 20.4. The molecule has 3 N–H and O–H groups in total. The first-order chi connectivity index (χ1) is 33.9. The highest BCUT2D eigenvalue weighted by Crippen LogP contribution is 2.29. The van der Waals surface area contributed by atoms with Crippen LogP contribution in [-0.2, 0) is 51.3 Å². The Morgan fingerprint density at radius 2 is 1.22 bits per heavy atom. The lowest BCUT2D eigenvalue weighted by molar-refractivity contribution is -0.166. The SMILES string of the molecule is CC(C)C[C@@H]1NC(=O)[C@H](Cc2cn(Cc3ccc(Br)cc3)c3ccc(F)cc23)N(C)C(=O)[C@H](CC(F)(F)F)NC(=O)[C@H](CC(C)C)N(C)C(=O)[C@H](CC(F)(F)F)NC(=O)C(CCC#N)OC(=O)[C@H](C)N(C)C1=O. The number of nitrogens with zero attached hydrogens (tertiary/aromatic N) is 5. The predicted octanol–water partition coefficient (Wildman–Crippen LogP) is 6.32. The molecule has 0 saturated carbocycles. The van der Waals surface area contributed by atoms with E-state index in [1.807, 2.05) is 22.8 Å². The largest absolute Gasteiger partial charge is 0.451 e. The number of fused-ring (bicyclic) bond motifs is 1. The first kappa shape index (κ1) is 59.3. The molecule has 2 heterocycles. The normalized spacial score (nSPS) is 23.1. The number of cyclic esters (lactones) is 1. The second-order valence-electron chi connectivity index (χ2n) is 19.0. The summed E-state index contributed by atoms with van der Waals surface area (Å²) >= 11 is 3.39. The topological polar surface area (TPSA) is 203 Å². The molecule has 4 rings (SSSR count). The van der Waals surface area contributed by atoms with Gasteiger partial charge in [0.15, 0.2) is 6.10 Å². The van der Waals surface area contributed by atoms with Gasteiger partial charge in [-0.05, 0) is 73.1 Å². The number of hydrogen-bond acceptors (Lipinski definition) is 9. The van der Waals surface area contributed by atoms with Crippen molar-refractivity contribution in [1.29, 1.82) is 5.26 Å². The minimum Gasteiger partial charge on any atom is -0.451 e. The summed E-state index contributed by atoms with van der Waals surface area (Å²) in [6, 6.07) is 0.920. The molecular weight excluding hydrogens is 1040 g/mol. The van der Waals surface area contributed by atoms with Gasteiger partial charge in [-0.3, -0.25) is 28.8 Å². The van der Waals surface area contributed by atoms with Crippen molar-refractivity contribution in [3.8, 4) is 6.07 Å². The second kappa shape index (κ2) is 25.1. The third-order valence-corrected chi connectivity index (χ3v) is 12.8. The molecule has 1 aromatic heterocycles. The molecule has 0 aliphatic carbocycles. The van der Waals surface area contributed by atoms with Crippen LogP contribution in [-0.4, -0.2) is 137 Å². The molecular formula is C49H60BrF7N8O8. The number of nitriles is 1. The summed E-state index contributed by atoms with van der Waals surface area (Å²) in [6.07, 6.45) is -17.0. The smallest absolute Gasteiger partial charge is 0.391 e. The molecule has 1 saturated heterocycles. The molecule has 24 heteroatoms. The van der Waals surface area contributed by atoms with E-state index in [4.69, 9.17) is 4.74 Å². The van der Waals surface area contributed by atoms with Gasteiger partial charge in [0.1, 0.15) is 42.1 Å². The number of nitrogens with one attached hydrogen (secondary N) is 3. The fourth-order valence-corrected chi connectivity index (χ4v) is 8.62. The fraction of sp³-hybridized carbons (Fsp3) is 0.551. The van der Waals surface area contributed by atoms with E-state index in [0.717, 1.165) is 36.1 Å². The average Bonchev–Trinajstić information content (AvgIpc) is 3.62. The van der Waals surface area contributed by atoms with Crippen molar-refractivity contribution in [2.75, 3.05) is 21.1 Å². The zero-order valence-electron chi connectivity index (χ0n) is 41.5. The van der Waals surface area contributed by atoms with E-state index in [-0.39, 0.29) is 29.8 Å². The van der Waals surface area contributed by atoms with Crippen molar-refractivity contribution in [2.45, 2.75) is 141 Å². The summed E-state index contributed by atoms with van der Waals surface area (Å²) in [5.74, 6) is -10.9. The lowest BCUT2D eigenvalue weighted by Gasteiger charge is -2.35. The summed E-state index contributed by atoms with van der Waals surface area (Å²) in [6.45, 7) is 7.81. The number of rotatable bonds is 12. The highest BCUT2D eigenvalue weighted by atomic mass is 79.9. The van der Waals surface area contributed by atoms with E-state index in [9.17, 15) is 65.2 Å². The highest BCUT2D eigenvalue weighted by molar-refractivity contribution is 9.10. The number of likely N-dealkylation sites (N-methyl/N-ethyl adjacent to an activating group) is 3. The molecule has 400 valence electrons. The summed E-state index contributed by atoms with van der Waals surface area (Å²) in [5.41, 5.74) is 1.49. The van der Waals surface area contributed by atoms with Crippen LogP contribution in [0.1, 0.15) is 84.3 Å². The van der Waals surface area contributed by atoms with Gasteiger partial charge >= 0.3 is 18.3 Å². The minimum absolute atomic E-state index is 0.127. The van der Waals surface area contributed by atoms with Crippen LogP contribution in [0.3, 0.4) is 0 Å². The van der Waals surface area contributed by atoms with Gasteiger partial charge in [0.05, 0.1) is 18.9 Å². The van der Waals surface area contributed by atoms with E-state index in [1.54, 1.807) is 42.8 Å². The predicted molar refractivity (Wildman–Crippen MR) is 255 cm³/mol. The quantitative estimate of drug-likeness (QED) is 0.137. The summed E-state index contributed by atoms with van der Waals surface area (Å²) < 4.78 is 109. The van der Waals surface area contributed by atoms with Crippen LogP contribution in [0, 0.1) is 29.0 Å². The molecule has 0 radical (unpaired) electrons. The van der Waals surface area contributed by atoms with E-state index in [2.05, 4.69) is 21.2 Å². The molecule has 6 amide bonds. The molecule has 3 aromatic rings. The van der Waals surface area contributed by atoms with Gasteiger partial charge in [0.25, 0.3) is 5.91 Å². The van der Waals surface area contributed by atoms with Crippen LogP contribution in [0.5, 0.6) is 0 Å². The summed E-state index contributed by atoms with van der Waals surface area (Å²) in [7, 11) is 3.00. The molecule has 7 atom stereocenters. The van der Waals surface area contributed by atoms with Gasteiger partial charge in [-0.25, -0.2) is 9.18 Å². The third kappa shape index (κ3) is 16.6. The molecule has 73 heavy (non-hydrogen) atoms. The zero-order chi connectivity index (χ0) is 54.9. The lowest BCUT2D eigenvalue weighted by Crippen LogP contribution is -2.61. The number of carbonyl (C=O) groups excluding carboxylic acids is 7. The Hall–Kier alpha value is -6.25. The second-order valence-corrected chi connectivity index (χ2v) is 19.9. The molecule has 1 aliphatic heterocycles. The van der Waals surface area contributed by atoms with Crippen LogP contribution in [0.4, 0.5) is 30.7 Å². The van der Waals surface area contributed by atoms with E-state index in [0.29, 0.717) is 15.3 Å². The number of amides is 6. The number of aromatic nitrogens is 1. The molecule has 0 bridgehead atoms. The standard InChI is InChI=1S/C49H60BrF7N8O8/c1-26(2)18-34-44(69)62(6)28(5)47(72)73-40(10-9-17-58)43(68)61-36(23-49(55,56)57)46(71)63(7)38(19-27(3)4)41(66)60-35(22-48(52,53)54)45(70)64(8)39(42(67)59-34)20-30-25-65(24-29-11-13-31(50)14-12-29)37-16-15-32(51)21-33(30)37/h11-16,21,25-28,34-36,38-40H,9-10,18-20,22-24H2,1-8H3,(H,59,67)(H,60,66)(H,61,68)/t28-,34-,35-,36-,38-,39-,40?/m0/s1. The van der Waals surface area contributed by atoms with Gasteiger partial charge in [-0.2, -0.15) is 31.6 Å². The maximum Gasteiger partial charge on any atom is 0.391 e. The number of carbonyl (C=O) groups is 7.